The average molecular weight is 582 g/mol. The van der Waals surface area contributed by atoms with Crippen LogP contribution in [0.15, 0.2) is 0 Å². The zero-order valence-electron chi connectivity index (χ0n) is 6.22. The largest absolute Gasteiger partial charge is 0.129 e. The summed E-state index contributed by atoms with van der Waals surface area (Å²) in [5, 5.41) is 0. The highest BCUT2D eigenvalue weighted by molar-refractivity contribution is 15.3. The van der Waals surface area contributed by atoms with Gasteiger partial charge in [-0.15, -0.1) is 14.7 Å². The summed E-state index contributed by atoms with van der Waals surface area (Å²) in [5.74, 6) is 0. The SMILES string of the molecule is C=I(/C)=I(\C)=I(/C)=IC. The minimum absolute atomic E-state index is 0.217. The van der Waals surface area contributed by atoms with Crippen molar-refractivity contribution in [2.45, 2.75) is 0 Å². The summed E-state index contributed by atoms with van der Waals surface area (Å²) in [6, 6.07) is 0. The molecule has 0 bridgehead atoms. The zero-order chi connectivity index (χ0) is 7.44. The molecular formula is C5H14I4. The van der Waals surface area contributed by atoms with Crippen molar-refractivity contribution in [2.75, 3.05) is 19.7 Å². The Labute approximate surface area is 74.5 Å². The summed E-state index contributed by atoms with van der Waals surface area (Å²) >= 11 is 0.208. The lowest BCUT2D eigenvalue weighted by atomic mass is 12.0. The molecule has 4 heteroatoms. The van der Waals surface area contributed by atoms with Gasteiger partial charge >= 0.3 is 0 Å². The molecular weight excluding hydrogens is 568 g/mol. The van der Waals surface area contributed by atoms with Crippen molar-refractivity contribution in [1.82, 2.24) is 0 Å². The molecule has 0 N–H and O–H groups in total. The van der Waals surface area contributed by atoms with Crippen LogP contribution in [-0.2, 0) is 0 Å². The Kier molecular flexibility index (Phi) is 8.28. The minimum Gasteiger partial charge on any atom is -0.129 e. The summed E-state index contributed by atoms with van der Waals surface area (Å²) in [4.78, 5) is 10.2. The van der Waals surface area contributed by atoms with Crippen molar-refractivity contribution < 1.29 is 0 Å². The molecule has 0 aliphatic heterocycles. The molecule has 0 saturated carbocycles. The normalized spacial score (nSPS) is 22.2. The maximum atomic E-state index is 4.29. The topological polar surface area (TPSA) is 0 Å². The van der Waals surface area contributed by atoms with Crippen molar-refractivity contribution in [2.24, 2.45) is 0 Å². The number of hydrogen-bond donors (Lipinski definition) is 0. The molecule has 0 nitrogen and oxygen atoms in total. The molecule has 0 heterocycles. The van der Waals surface area contributed by atoms with Crippen LogP contribution in [-0.4, -0.2) is 24.2 Å². The number of rotatable bonds is 0. The summed E-state index contributed by atoms with van der Waals surface area (Å²) in [7, 11) is -0.496. The smallest absolute Gasteiger partial charge is 0.0121 e. The predicted octanol–water partition coefficient (Wildman–Crippen LogP) is 4.17. The van der Waals surface area contributed by atoms with E-state index in [1.165, 1.54) is 0 Å². The molecule has 0 spiro atoms. The molecule has 9 heavy (non-hydrogen) atoms. The highest BCUT2D eigenvalue weighted by atomic mass is 128. The van der Waals surface area contributed by atoms with Gasteiger partial charge in [-0.3, -0.25) is 0 Å². The molecule has 0 radical (unpaired) electrons. The molecule has 0 fully saturated rings. The third kappa shape index (κ3) is 5.10. The van der Waals surface area contributed by atoms with E-state index in [0.29, 0.717) is 16.6 Å². The lowest BCUT2D eigenvalue weighted by molar-refractivity contribution is 2.65. The minimum atomic E-state index is -0.488. The molecule has 0 aromatic rings. The fourth-order valence-corrected chi connectivity index (χ4v) is 156. The number of halogens is 4. The molecule has 62 valence electrons. The van der Waals surface area contributed by atoms with Gasteiger partial charge in [0.2, 0.25) is 0 Å². The van der Waals surface area contributed by atoms with E-state index in [-0.39, 0.29) is 21.2 Å². The highest BCUT2D eigenvalue weighted by Gasteiger charge is 1.69. The second-order valence-corrected chi connectivity index (χ2v) is 77.5. The van der Waals surface area contributed by atoms with Gasteiger partial charge < -0.3 is 0 Å². The van der Waals surface area contributed by atoms with Crippen molar-refractivity contribution >= 4 is 57.0 Å². The van der Waals surface area contributed by atoms with Crippen LogP contribution in [0.2, 0.25) is 0 Å². The van der Waals surface area contributed by atoms with Gasteiger partial charge in [-0.05, 0) is 19.7 Å². The van der Waals surface area contributed by atoms with Crippen molar-refractivity contribution in [1.29, 1.82) is 0 Å². The summed E-state index contributed by atoms with van der Waals surface area (Å²) in [5.41, 5.74) is 0. The van der Waals surface area contributed by atoms with Crippen LogP contribution in [0.25, 0.3) is 0 Å². The number of alkyl halides is 4. The Morgan fingerprint density at radius 1 is 1.22 bits per heavy atom. The first-order valence-electron chi connectivity index (χ1n) is 2.21. The van der Waals surface area contributed by atoms with E-state index in [0.717, 1.165) is 0 Å². The highest BCUT2D eigenvalue weighted by Crippen LogP contribution is 2.44. The van der Waals surface area contributed by atoms with Crippen molar-refractivity contribution in [3.63, 3.8) is 0 Å². The molecule has 0 rings (SSSR count). The van der Waals surface area contributed by atoms with E-state index in [1.807, 2.05) is 0 Å². The van der Waals surface area contributed by atoms with Crippen LogP contribution in [0.3, 0.4) is 0 Å². The Morgan fingerprint density at radius 3 is 1.78 bits per heavy atom. The first-order chi connectivity index (χ1) is 4.09. The third-order valence-corrected chi connectivity index (χ3v) is 142. The Bertz CT molecular complexity index is 265. The van der Waals surface area contributed by atoms with Crippen LogP contribution in [0.5, 0.6) is 0 Å². The van der Waals surface area contributed by atoms with E-state index in [2.05, 4.69) is 24.2 Å². The van der Waals surface area contributed by atoms with E-state index < -0.39 is 14.7 Å². The standard InChI is InChI=1S/C5H14I4/c1-6-8(4)9(5)7(2)3/h2H2,1,3-5H3. The average Bonchev–Trinajstić information content (AvgIpc) is 1.84. The van der Waals surface area contributed by atoms with Gasteiger partial charge in [-0.1, -0.05) is 42.3 Å². The van der Waals surface area contributed by atoms with Crippen LogP contribution >= 0.6 is 52.5 Å². The molecule has 0 saturated heterocycles. The fourth-order valence-electron chi connectivity index (χ4n) is 0.201. The molecule has 0 amide bonds. The van der Waals surface area contributed by atoms with Gasteiger partial charge in [0, 0.05) is 0 Å². The van der Waals surface area contributed by atoms with Gasteiger partial charge in [0.1, 0.15) is 0 Å². The summed E-state index contributed by atoms with van der Waals surface area (Å²) in [6.45, 7) is 0. The van der Waals surface area contributed by atoms with Crippen LogP contribution < -0.4 is 0 Å². The molecule has 0 aromatic heterocycles. The molecule has 0 atom stereocenters. The second kappa shape index (κ2) is 6.32. The van der Waals surface area contributed by atoms with E-state index in [1.54, 1.807) is 0 Å². The van der Waals surface area contributed by atoms with Gasteiger partial charge in [0.05, 0.1) is 0 Å². The molecule has 0 aromatic carbocycles. The van der Waals surface area contributed by atoms with E-state index in [9.17, 15) is 0 Å². The zero-order valence-corrected chi connectivity index (χ0v) is 14.8. The van der Waals surface area contributed by atoms with Gasteiger partial charge in [0.25, 0.3) is 0 Å². The van der Waals surface area contributed by atoms with Gasteiger partial charge in [-0.25, -0.2) is 0 Å². The van der Waals surface area contributed by atoms with Crippen molar-refractivity contribution in [3.05, 3.63) is 0 Å². The Morgan fingerprint density at radius 2 is 1.67 bits per heavy atom. The molecule has 0 unspecified atom stereocenters. The third-order valence-electron chi connectivity index (χ3n) is 0.804. The maximum Gasteiger partial charge on any atom is -0.0121 e. The number of hydrogen-bond acceptors (Lipinski definition) is 0. The first-order valence-corrected chi connectivity index (χ1v) is 31.2. The van der Waals surface area contributed by atoms with Gasteiger partial charge in [0.15, 0.2) is 0 Å². The lowest BCUT2D eigenvalue weighted by Crippen LogP contribution is -1.29. The van der Waals surface area contributed by atoms with Gasteiger partial charge in [-0.2, -0.15) is 0 Å². The van der Waals surface area contributed by atoms with Crippen LogP contribution in [0, 0.1) is 0 Å². The monoisotopic (exact) mass is 582 g/mol. The van der Waals surface area contributed by atoms with E-state index >= 15 is 0 Å². The maximum absolute atomic E-state index is 4.29. The summed E-state index contributed by atoms with van der Waals surface area (Å²) < 4.78 is 4.29. The molecule has 0 aliphatic rings. The van der Waals surface area contributed by atoms with Crippen molar-refractivity contribution in [3.8, 4) is 0 Å². The van der Waals surface area contributed by atoms with Crippen LogP contribution in [0.1, 0.15) is 0 Å². The Hall–Kier alpha value is 2.79. The molecule has 0 aliphatic carbocycles. The fraction of sp³-hybridized carbons (Fsp3) is 0.800. The predicted molar refractivity (Wildman–Crippen MR) is 86.9 cm³/mol. The van der Waals surface area contributed by atoms with Crippen LogP contribution in [0.4, 0.5) is 0 Å². The first kappa shape index (κ1) is 11.8. The summed E-state index contributed by atoms with van der Waals surface area (Å²) in [6.07, 6.45) is 0. The van der Waals surface area contributed by atoms with E-state index in [4.69, 9.17) is 0 Å². The quantitative estimate of drug-likeness (QED) is 0.298. The lowest BCUT2D eigenvalue weighted by Gasteiger charge is -1.84. The second-order valence-electron chi connectivity index (χ2n) is 1.33. The Balaban J connectivity index is 5.52.